The van der Waals surface area contributed by atoms with E-state index in [0.29, 0.717) is 6.04 Å². The molecule has 0 bridgehead atoms. The summed E-state index contributed by atoms with van der Waals surface area (Å²) in [4.78, 5) is 6.90. The van der Waals surface area contributed by atoms with E-state index >= 15 is 0 Å². The fourth-order valence-corrected chi connectivity index (χ4v) is 3.01. The second-order valence-electron chi connectivity index (χ2n) is 7.00. The van der Waals surface area contributed by atoms with Crippen molar-refractivity contribution in [1.29, 1.82) is 0 Å². The number of likely N-dealkylation sites (tertiary alicyclic amines) is 1. The van der Waals surface area contributed by atoms with Crippen LogP contribution in [0.4, 0.5) is 0 Å². The summed E-state index contributed by atoms with van der Waals surface area (Å²) in [5, 5.41) is 7.03. The van der Waals surface area contributed by atoms with E-state index in [1.807, 2.05) is 7.05 Å². The van der Waals surface area contributed by atoms with Gasteiger partial charge in [0.15, 0.2) is 5.96 Å². The third-order valence-electron chi connectivity index (χ3n) is 4.48. The molecule has 5 nitrogen and oxygen atoms in total. The van der Waals surface area contributed by atoms with Crippen LogP contribution in [0.2, 0.25) is 0 Å². The zero-order valence-corrected chi connectivity index (χ0v) is 15.7. The normalized spacial score (nSPS) is 17.7. The van der Waals surface area contributed by atoms with Gasteiger partial charge in [0.2, 0.25) is 0 Å². The highest BCUT2D eigenvalue weighted by atomic mass is 16.5. The molecule has 0 aromatic heterocycles. The van der Waals surface area contributed by atoms with Crippen LogP contribution >= 0.6 is 0 Å². The molecule has 23 heavy (non-hydrogen) atoms. The summed E-state index contributed by atoms with van der Waals surface area (Å²) in [5.74, 6) is 1.77. The number of ether oxygens (including phenoxy) is 1. The van der Waals surface area contributed by atoms with Gasteiger partial charge < -0.3 is 20.3 Å². The van der Waals surface area contributed by atoms with Gasteiger partial charge in [0, 0.05) is 53.0 Å². The van der Waals surface area contributed by atoms with Gasteiger partial charge in [-0.25, -0.2) is 0 Å². The summed E-state index contributed by atoms with van der Waals surface area (Å²) in [6.45, 7) is 9.96. The van der Waals surface area contributed by atoms with E-state index in [0.717, 1.165) is 38.0 Å². The Labute approximate surface area is 143 Å². The molecule has 0 atom stereocenters. The summed E-state index contributed by atoms with van der Waals surface area (Å²) < 4.78 is 5.13. The van der Waals surface area contributed by atoms with E-state index in [4.69, 9.17) is 4.74 Å². The molecule has 0 saturated carbocycles. The Balaban J connectivity index is 2.12. The Kier molecular flexibility index (Phi) is 11.1. The molecule has 1 fully saturated rings. The Hall–Kier alpha value is -0.810. The van der Waals surface area contributed by atoms with Crippen molar-refractivity contribution in [2.75, 3.05) is 46.9 Å². The average Bonchev–Trinajstić information content (AvgIpc) is 2.55. The molecule has 0 unspecified atom stereocenters. The van der Waals surface area contributed by atoms with Crippen LogP contribution in [0.1, 0.15) is 52.4 Å². The van der Waals surface area contributed by atoms with E-state index in [-0.39, 0.29) is 0 Å². The number of nitrogens with one attached hydrogen (secondary N) is 2. The molecule has 1 rings (SSSR count). The minimum atomic E-state index is 0.551. The van der Waals surface area contributed by atoms with Crippen molar-refractivity contribution in [2.45, 2.75) is 58.4 Å². The molecule has 1 saturated heterocycles. The molecule has 1 aliphatic heterocycles. The van der Waals surface area contributed by atoms with Crippen molar-refractivity contribution < 1.29 is 4.74 Å². The molecule has 0 aromatic carbocycles. The maximum absolute atomic E-state index is 5.13. The van der Waals surface area contributed by atoms with Gasteiger partial charge >= 0.3 is 0 Å². The van der Waals surface area contributed by atoms with Gasteiger partial charge in [-0.1, -0.05) is 26.7 Å². The SMILES string of the molecule is CN=C(NCCCCC(C)C)NC1CCN(CCCOC)CC1. The van der Waals surface area contributed by atoms with Crippen LogP contribution in [-0.4, -0.2) is 63.8 Å². The summed E-state index contributed by atoms with van der Waals surface area (Å²) >= 11 is 0. The van der Waals surface area contributed by atoms with Crippen LogP contribution in [0, 0.1) is 5.92 Å². The van der Waals surface area contributed by atoms with Crippen LogP contribution in [0.25, 0.3) is 0 Å². The second-order valence-corrected chi connectivity index (χ2v) is 7.00. The maximum Gasteiger partial charge on any atom is 0.191 e. The Morgan fingerprint density at radius 3 is 2.57 bits per heavy atom. The van der Waals surface area contributed by atoms with Gasteiger partial charge in [0.05, 0.1) is 0 Å². The average molecular weight is 327 g/mol. The predicted octanol–water partition coefficient (Wildman–Crippen LogP) is 2.48. The quantitative estimate of drug-likeness (QED) is 0.368. The highest BCUT2D eigenvalue weighted by Gasteiger charge is 2.19. The summed E-state index contributed by atoms with van der Waals surface area (Å²) in [6, 6.07) is 0.551. The van der Waals surface area contributed by atoms with Crippen LogP contribution in [0.15, 0.2) is 4.99 Å². The van der Waals surface area contributed by atoms with Crippen LogP contribution in [-0.2, 0) is 4.74 Å². The molecule has 136 valence electrons. The first-order valence-electron chi connectivity index (χ1n) is 9.34. The van der Waals surface area contributed by atoms with Gasteiger partial charge in [-0.2, -0.15) is 0 Å². The van der Waals surface area contributed by atoms with Gasteiger partial charge in [-0.05, 0) is 31.6 Å². The summed E-state index contributed by atoms with van der Waals surface area (Å²) in [7, 11) is 3.64. The van der Waals surface area contributed by atoms with Gasteiger partial charge in [0.25, 0.3) is 0 Å². The van der Waals surface area contributed by atoms with Gasteiger partial charge in [-0.15, -0.1) is 0 Å². The molecule has 2 N–H and O–H groups in total. The highest BCUT2D eigenvalue weighted by Crippen LogP contribution is 2.10. The van der Waals surface area contributed by atoms with Crippen molar-refractivity contribution >= 4 is 5.96 Å². The molecule has 0 amide bonds. The minimum absolute atomic E-state index is 0.551. The lowest BCUT2D eigenvalue weighted by Crippen LogP contribution is -2.49. The molecule has 0 radical (unpaired) electrons. The predicted molar refractivity (Wildman–Crippen MR) is 99.1 cm³/mol. The number of piperidine rings is 1. The number of methoxy groups -OCH3 is 1. The lowest BCUT2D eigenvalue weighted by atomic mass is 10.1. The zero-order valence-electron chi connectivity index (χ0n) is 15.7. The topological polar surface area (TPSA) is 48.9 Å². The van der Waals surface area contributed by atoms with E-state index < -0.39 is 0 Å². The van der Waals surface area contributed by atoms with Crippen molar-refractivity contribution in [2.24, 2.45) is 10.9 Å². The monoisotopic (exact) mass is 326 g/mol. The van der Waals surface area contributed by atoms with E-state index in [9.17, 15) is 0 Å². The molecule has 0 aromatic rings. The molecule has 0 spiro atoms. The van der Waals surface area contributed by atoms with Crippen molar-refractivity contribution in [3.8, 4) is 0 Å². The Bertz CT molecular complexity index is 312. The first-order valence-corrected chi connectivity index (χ1v) is 9.34. The second kappa shape index (κ2) is 12.6. The number of hydrogen-bond donors (Lipinski definition) is 2. The van der Waals surface area contributed by atoms with Gasteiger partial charge in [-0.3, -0.25) is 4.99 Å². The first-order chi connectivity index (χ1) is 11.2. The van der Waals surface area contributed by atoms with Crippen molar-refractivity contribution in [3.63, 3.8) is 0 Å². The van der Waals surface area contributed by atoms with E-state index in [2.05, 4.69) is 34.4 Å². The molecule has 1 aliphatic rings. The fraction of sp³-hybridized carbons (Fsp3) is 0.944. The smallest absolute Gasteiger partial charge is 0.191 e. The standard InChI is InChI=1S/C18H38N4O/c1-16(2)8-5-6-11-20-18(19-3)21-17-9-13-22(14-10-17)12-7-15-23-4/h16-17H,5-15H2,1-4H3,(H2,19,20,21). The molecular formula is C18H38N4O. The third-order valence-corrected chi connectivity index (χ3v) is 4.48. The highest BCUT2D eigenvalue weighted by molar-refractivity contribution is 5.79. The number of rotatable bonds is 10. The number of aliphatic imine (C=N–C) groups is 1. The summed E-state index contributed by atoms with van der Waals surface area (Å²) in [5.41, 5.74) is 0. The van der Waals surface area contributed by atoms with E-state index in [1.165, 1.54) is 45.2 Å². The largest absolute Gasteiger partial charge is 0.385 e. The fourth-order valence-electron chi connectivity index (χ4n) is 3.01. The van der Waals surface area contributed by atoms with E-state index in [1.54, 1.807) is 7.11 Å². The van der Waals surface area contributed by atoms with Crippen molar-refractivity contribution in [1.82, 2.24) is 15.5 Å². The zero-order chi connectivity index (χ0) is 16.9. The number of unbranched alkanes of at least 4 members (excludes halogenated alkanes) is 1. The number of guanidine groups is 1. The Morgan fingerprint density at radius 2 is 1.96 bits per heavy atom. The lowest BCUT2D eigenvalue weighted by molar-refractivity contribution is 0.155. The molecular weight excluding hydrogens is 288 g/mol. The van der Waals surface area contributed by atoms with Crippen LogP contribution in [0.5, 0.6) is 0 Å². The third kappa shape index (κ3) is 9.82. The minimum Gasteiger partial charge on any atom is -0.385 e. The Morgan fingerprint density at radius 1 is 1.22 bits per heavy atom. The van der Waals surface area contributed by atoms with Gasteiger partial charge in [0.1, 0.15) is 0 Å². The maximum atomic E-state index is 5.13. The molecule has 1 heterocycles. The molecule has 0 aliphatic carbocycles. The number of hydrogen-bond acceptors (Lipinski definition) is 3. The molecule has 5 heteroatoms. The van der Waals surface area contributed by atoms with Crippen LogP contribution in [0.3, 0.4) is 0 Å². The number of nitrogens with zero attached hydrogens (tertiary/aromatic N) is 2. The summed E-state index contributed by atoms with van der Waals surface area (Å²) in [6.07, 6.45) is 7.35. The van der Waals surface area contributed by atoms with Crippen LogP contribution < -0.4 is 10.6 Å². The first kappa shape index (κ1) is 20.2. The van der Waals surface area contributed by atoms with Crippen molar-refractivity contribution in [3.05, 3.63) is 0 Å². The lowest BCUT2D eigenvalue weighted by Gasteiger charge is -2.33.